The molecule has 0 aliphatic rings. The van der Waals surface area contributed by atoms with Gasteiger partial charge in [0.05, 0.1) is 13.7 Å². The summed E-state index contributed by atoms with van der Waals surface area (Å²) in [7, 11) is 1.30. The second-order valence-corrected chi connectivity index (χ2v) is 2.51. The molecule has 2 N–H and O–H groups in total. The molecule has 0 aromatic heterocycles. The molecule has 4 nitrogen and oxygen atoms in total. The van der Waals surface area contributed by atoms with E-state index in [2.05, 4.69) is 9.47 Å². The van der Waals surface area contributed by atoms with Gasteiger partial charge in [0.2, 0.25) is 0 Å². The highest BCUT2D eigenvalue weighted by Gasteiger charge is 1.98. The van der Waals surface area contributed by atoms with Gasteiger partial charge in [-0.2, -0.15) is 0 Å². The van der Waals surface area contributed by atoms with Gasteiger partial charge in [-0.25, -0.2) is 4.79 Å². The molecular weight excluding hydrogens is 158 g/mol. The second kappa shape index (κ2) is 8.33. The molecule has 0 spiro atoms. The van der Waals surface area contributed by atoms with Crippen molar-refractivity contribution in [3.63, 3.8) is 0 Å². The summed E-state index contributed by atoms with van der Waals surface area (Å²) in [4.78, 5) is 10.4. The van der Waals surface area contributed by atoms with Gasteiger partial charge in [-0.05, 0) is 19.4 Å². The SMILES string of the molecule is COC(=O)OCCCCCCN. The fourth-order valence-electron chi connectivity index (χ4n) is 0.814. The van der Waals surface area contributed by atoms with Crippen LogP contribution < -0.4 is 5.73 Å². The van der Waals surface area contributed by atoms with Gasteiger partial charge in [0.25, 0.3) is 0 Å². The number of nitrogens with two attached hydrogens (primary N) is 1. The van der Waals surface area contributed by atoms with Crippen LogP contribution in [0.1, 0.15) is 25.7 Å². The molecule has 72 valence electrons. The van der Waals surface area contributed by atoms with Crippen molar-refractivity contribution in [2.75, 3.05) is 20.3 Å². The minimum absolute atomic E-state index is 0.442. The number of hydrogen-bond donors (Lipinski definition) is 1. The van der Waals surface area contributed by atoms with Crippen LogP contribution >= 0.6 is 0 Å². The first-order valence-electron chi connectivity index (χ1n) is 4.22. The molecule has 0 aromatic carbocycles. The Bertz CT molecular complexity index is 117. The second-order valence-electron chi connectivity index (χ2n) is 2.51. The first kappa shape index (κ1) is 11.2. The van der Waals surface area contributed by atoms with E-state index in [1.54, 1.807) is 0 Å². The number of carbonyl (C=O) groups is 1. The third kappa shape index (κ3) is 7.34. The zero-order chi connectivity index (χ0) is 9.23. The van der Waals surface area contributed by atoms with Crippen molar-refractivity contribution in [3.05, 3.63) is 0 Å². The topological polar surface area (TPSA) is 61.5 Å². The van der Waals surface area contributed by atoms with Crippen LogP contribution in [0, 0.1) is 0 Å². The van der Waals surface area contributed by atoms with Gasteiger partial charge in [0.15, 0.2) is 0 Å². The number of methoxy groups -OCH3 is 1. The third-order valence-electron chi connectivity index (χ3n) is 1.49. The van der Waals surface area contributed by atoms with E-state index < -0.39 is 6.16 Å². The molecule has 0 fully saturated rings. The van der Waals surface area contributed by atoms with Gasteiger partial charge in [-0.15, -0.1) is 0 Å². The van der Waals surface area contributed by atoms with Crippen LogP contribution in [0.2, 0.25) is 0 Å². The van der Waals surface area contributed by atoms with Crippen LogP contribution in [-0.4, -0.2) is 26.4 Å². The van der Waals surface area contributed by atoms with E-state index in [-0.39, 0.29) is 0 Å². The van der Waals surface area contributed by atoms with Crippen molar-refractivity contribution in [2.24, 2.45) is 5.73 Å². The molecule has 0 amide bonds. The molecule has 0 atom stereocenters. The Morgan fingerprint density at radius 2 is 1.92 bits per heavy atom. The zero-order valence-electron chi connectivity index (χ0n) is 7.54. The predicted molar refractivity (Wildman–Crippen MR) is 45.9 cm³/mol. The summed E-state index contributed by atoms with van der Waals surface area (Å²) in [6.07, 6.45) is 3.47. The smallest absolute Gasteiger partial charge is 0.438 e. The molecule has 0 unspecified atom stereocenters. The highest BCUT2D eigenvalue weighted by Crippen LogP contribution is 1.98. The fourth-order valence-corrected chi connectivity index (χ4v) is 0.814. The van der Waals surface area contributed by atoms with E-state index in [4.69, 9.17) is 5.73 Å². The summed E-state index contributed by atoms with van der Waals surface area (Å²) in [6, 6.07) is 0. The number of hydrogen-bond acceptors (Lipinski definition) is 4. The zero-order valence-corrected chi connectivity index (χ0v) is 7.54. The lowest BCUT2D eigenvalue weighted by atomic mass is 10.2. The number of ether oxygens (including phenoxy) is 2. The lowest BCUT2D eigenvalue weighted by molar-refractivity contribution is 0.0713. The summed E-state index contributed by atoms with van der Waals surface area (Å²) in [6.45, 7) is 1.18. The Hall–Kier alpha value is -0.770. The molecule has 0 saturated heterocycles. The van der Waals surface area contributed by atoms with Crippen LogP contribution in [0.3, 0.4) is 0 Å². The summed E-state index contributed by atoms with van der Waals surface area (Å²) >= 11 is 0. The van der Waals surface area contributed by atoms with Crippen LogP contribution in [0.25, 0.3) is 0 Å². The van der Waals surface area contributed by atoms with Crippen LogP contribution in [0.15, 0.2) is 0 Å². The normalized spacial score (nSPS) is 9.50. The molecule has 0 aliphatic heterocycles. The van der Waals surface area contributed by atoms with Gasteiger partial charge in [-0.3, -0.25) is 0 Å². The monoisotopic (exact) mass is 175 g/mol. The van der Waals surface area contributed by atoms with Crippen molar-refractivity contribution in [2.45, 2.75) is 25.7 Å². The van der Waals surface area contributed by atoms with Crippen molar-refractivity contribution in [1.82, 2.24) is 0 Å². The Kier molecular flexibility index (Phi) is 7.79. The average molecular weight is 175 g/mol. The van der Waals surface area contributed by atoms with E-state index in [1.165, 1.54) is 7.11 Å². The minimum atomic E-state index is -0.603. The molecule has 4 heteroatoms. The van der Waals surface area contributed by atoms with E-state index in [0.29, 0.717) is 6.61 Å². The fraction of sp³-hybridized carbons (Fsp3) is 0.875. The van der Waals surface area contributed by atoms with E-state index >= 15 is 0 Å². The van der Waals surface area contributed by atoms with Gasteiger partial charge >= 0.3 is 6.16 Å². The van der Waals surface area contributed by atoms with Crippen molar-refractivity contribution >= 4 is 6.16 Å². The maximum Gasteiger partial charge on any atom is 0.507 e. The summed E-state index contributed by atoms with van der Waals surface area (Å²) in [5.74, 6) is 0. The van der Waals surface area contributed by atoms with Gasteiger partial charge < -0.3 is 15.2 Å². The van der Waals surface area contributed by atoms with E-state index in [9.17, 15) is 4.79 Å². The lowest BCUT2D eigenvalue weighted by Gasteiger charge is -2.01. The third-order valence-corrected chi connectivity index (χ3v) is 1.49. The standard InChI is InChI=1S/C8H17NO3/c1-11-8(10)12-7-5-3-2-4-6-9/h2-7,9H2,1H3. The number of carbonyl (C=O) groups excluding carboxylic acids is 1. The number of unbranched alkanes of at least 4 members (excludes halogenated alkanes) is 3. The van der Waals surface area contributed by atoms with Gasteiger partial charge in [0, 0.05) is 0 Å². The van der Waals surface area contributed by atoms with E-state index in [0.717, 1.165) is 32.2 Å². The molecular formula is C8H17NO3. The molecule has 12 heavy (non-hydrogen) atoms. The van der Waals surface area contributed by atoms with Crippen LogP contribution in [0.5, 0.6) is 0 Å². The van der Waals surface area contributed by atoms with Crippen molar-refractivity contribution < 1.29 is 14.3 Å². The van der Waals surface area contributed by atoms with Crippen LogP contribution in [0.4, 0.5) is 4.79 Å². The van der Waals surface area contributed by atoms with Crippen molar-refractivity contribution in [3.8, 4) is 0 Å². The summed E-state index contributed by atoms with van der Waals surface area (Å²) in [5.41, 5.74) is 5.31. The molecule has 0 radical (unpaired) electrons. The average Bonchev–Trinajstić information content (AvgIpc) is 2.10. The molecule has 0 rings (SSSR count). The largest absolute Gasteiger partial charge is 0.507 e. The molecule has 0 aromatic rings. The highest BCUT2D eigenvalue weighted by molar-refractivity contribution is 5.59. The number of rotatable bonds is 6. The maximum absolute atomic E-state index is 10.4. The molecule has 0 bridgehead atoms. The Balaban J connectivity index is 2.95. The lowest BCUT2D eigenvalue weighted by Crippen LogP contribution is -2.05. The Morgan fingerprint density at radius 1 is 1.25 bits per heavy atom. The Morgan fingerprint density at radius 3 is 2.50 bits per heavy atom. The van der Waals surface area contributed by atoms with Crippen LogP contribution in [-0.2, 0) is 9.47 Å². The molecule has 0 heterocycles. The Labute approximate surface area is 73.0 Å². The van der Waals surface area contributed by atoms with Crippen molar-refractivity contribution in [1.29, 1.82) is 0 Å². The maximum atomic E-state index is 10.4. The summed E-state index contributed by atoms with van der Waals surface area (Å²) < 4.78 is 8.98. The first-order valence-corrected chi connectivity index (χ1v) is 4.22. The predicted octanol–water partition coefficient (Wildman–Crippen LogP) is 1.29. The highest BCUT2D eigenvalue weighted by atomic mass is 16.7. The molecule has 0 saturated carbocycles. The van der Waals surface area contributed by atoms with Gasteiger partial charge in [0.1, 0.15) is 0 Å². The minimum Gasteiger partial charge on any atom is -0.438 e. The van der Waals surface area contributed by atoms with Gasteiger partial charge in [-0.1, -0.05) is 12.8 Å². The van der Waals surface area contributed by atoms with E-state index in [1.807, 2.05) is 0 Å². The summed E-state index contributed by atoms with van der Waals surface area (Å²) in [5, 5.41) is 0. The molecule has 0 aliphatic carbocycles. The quantitative estimate of drug-likeness (QED) is 0.488. The first-order chi connectivity index (χ1) is 5.81.